The van der Waals surface area contributed by atoms with Gasteiger partial charge in [-0.1, -0.05) is 29.8 Å². The summed E-state index contributed by atoms with van der Waals surface area (Å²) in [5.41, 5.74) is 4.07. The van der Waals surface area contributed by atoms with E-state index in [2.05, 4.69) is 16.9 Å². The van der Waals surface area contributed by atoms with Gasteiger partial charge in [0, 0.05) is 15.7 Å². The Kier molecular flexibility index (Phi) is 4.81. The molecule has 1 aromatic heterocycles. The number of benzene rings is 1. The Hall–Kier alpha value is -1.97. The third kappa shape index (κ3) is 3.39. The molecule has 0 unspecified atom stereocenters. The lowest BCUT2D eigenvalue weighted by Crippen LogP contribution is -2.46. The zero-order valence-electron chi connectivity index (χ0n) is 14.5. The molecule has 1 heterocycles. The highest BCUT2D eigenvalue weighted by molar-refractivity contribution is 6.45. The molecule has 0 spiro atoms. The number of hydrogen-bond donors (Lipinski definition) is 2. The molecule has 2 N–H and O–H groups in total. The molecule has 0 aliphatic heterocycles. The van der Waals surface area contributed by atoms with E-state index in [9.17, 15) is 4.79 Å². The first-order chi connectivity index (χ1) is 11.8. The predicted octanol–water partition coefficient (Wildman–Crippen LogP) is 4.42. The van der Waals surface area contributed by atoms with E-state index in [1.807, 2.05) is 39.0 Å². The number of aromatic amines is 1. The number of nitrogens with one attached hydrogen (secondary N) is 2. The fraction of sp³-hybridized carbons (Fsp3) is 0.250. The van der Waals surface area contributed by atoms with Gasteiger partial charge >= 0.3 is 0 Å². The molecule has 1 aromatic carbocycles. The number of allylic oxidation sites excluding steroid dienone is 1. The van der Waals surface area contributed by atoms with Crippen molar-refractivity contribution in [2.45, 2.75) is 33.6 Å². The number of halogens is 2. The second-order valence-electron chi connectivity index (χ2n) is 6.56. The van der Waals surface area contributed by atoms with Crippen molar-refractivity contribution in [3.05, 3.63) is 61.7 Å². The number of anilines is 2. The summed E-state index contributed by atoms with van der Waals surface area (Å²) in [6, 6.07) is 5.68. The Labute approximate surface area is 156 Å². The SMILES string of the molecule is C=C(C)c1c(Nc2cc(C)cc(Cl)c2)[nH]c2c(c1=O)=C(Cl)CCC=2C. The highest BCUT2D eigenvalue weighted by atomic mass is 35.5. The van der Waals surface area contributed by atoms with Gasteiger partial charge in [0.1, 0.15) is 5.82 Å². The average molecular weight is 375 g/mol. The van der Waals surface area contributed by atoms with Gasteiger partial charge in [-0.25, -0.2) is 0 Å². The maximum absolute atomic E-state index is 13.1. The van der Waals surface area contributed by atoms with Gasteiger partial charge in [0.15, 0.2) is 5.43 Å². The van der Waals surface area contributed by atoms with Crippen LogP contribution < -0.4 is 21.3 Å². The Bertz CT molecular complexity index is 1040. The first-order valence-corrected chi connectivity index (χ1v) is 8.88. The number of H-pyrrole nitrogens is 1. The highest BCUT2D eigenvalue weighted by Gasteiger charge is 2.17. The number of aryl methyl sites for hydroxylation is 1. The van der Waals surface area contributed by atoms with Crippen LogP contribution in [0.5, 0.6) is 0 Å². The number of pyridine rings is 1. The van der Waals surface area contributed by atoms with Gasteiger partial charge in [-0.3, -0.25) is 4.79 Å². The van der Waals surface area contributed by atoms with E-state index in [0.717, 1.165) is 28.6 Å². The van der Waals surface area contributed by atoms with Gasteiger partial charge in [-0.15, -0.1) is 0 Å². The summed E-state index contributed by atoms with van der Waals surface area (Å²) in [6.07, 6.45) is 1.53. The summed E-state index contributed by atoms with van der Waals surface area (Å²) in [6.45, 7) is 9.78. The van der Waals surface area contributed by atoms with E-state index >= 15 is 0 Å². The van der Waals surface area contributed by atoms with E-state index in [0.29, 0.717) is 38.6 Å². The standard InChI is InChI=1S/C20H20Cl2N2O/c1-10(2)16-19(25)17-15(22)6-5-12(4)18(17)24-20(16)23-14-8-11(3)7-13(21)9-14/h7-9,23-24H,1,5-6H2,2-4H3. The number of aromatic nitrogens is 1. The van der Waals surface area contributed by atoms with E-state index in [4.69, 9.17) is 23.2 Å². The molecule has 0 radical (unpaired) electrons. The van der Waals surface area contributed by atoms with Crippen LogP contribution in [0.3, 0.4) is 0 Å². The van der Waals surface area contributed by atoms with Gasteiger partial charge < -0.3 is 10.3 Å². The first kappa shape index (κ1) is 17.8. The molecule has 0 amide bonds. The minimum absolute atomic E-state index is 0.0912. The number of fused-ring (bicyclic) bond motifs is 1. The monoisotopic (exact) mass is 374 g/mol. The van der Waals surface area contributed by atoms with Gasteiger partial charge in [-0.05, 0) is 68.5 Å². The second kappa shape index (κ2) is 6.74. The summed E-state index contributed by atoms with van der Waals surface area (Å²) in [5.74, 6) is 0.614. The third-order valence-corrected chi connectivity index (χ3v) is 4.96. The van der Waals surface area contributed by atoms with E-state index in [-0.39, 0.29) is 5.43 Å². The molecular weight excluding hydrogens is 355 g/mol. The minimum atomic E-state index is -0.0912. The summed E-state index contributed by atoms with van der Waals surface area (Å²) < 4.78 is 0. The fourth-order valence-corrected chi connectivity index (χ4v) is 3.75. The molecule has 0 fully saturated rings. The molecule has 0 atom stereocenters. The quantitative estimate of drug-likeness (QED) is 0.834. The largest absolute Gasteiger partial charge is 0.341 e. The number of rotatable bonds is 3. The van der Waals surface area contributed by atoms with Crippen LogP contribution in [0, 0.1) is 6.92 Å². The molecule has 3 nitrogen and oxygen atoms in total. The van der Waals surface area contributed by atoms with Crippen LogP contribution in [0.15, 0.2) is 29.6 Å². The van der Waals surface area contributed by atoms with Crippen LogP contribution in [0.1, 0.15) is 37.8 Å². The van der Waals surface area contributed by atoms with Crippen molar-refractivity contribution in [3.63, 3.8) is 0 Å². The second-order valence-corrected chi connectivity index (χ2v) is 7.45. The van der Waals surface area contributed by atoms with Crippen LogP contribution in [-0.4, -0.2) is 4.98 Å². The Morgan fingerprint density at radius 1 is 1.20 bits per heavy atom. The molecule has 1 aliphatic carbocycles. The van der Waals surface area contributed by atoms with Crippen LogP contribution in [-0.2, 0) is 0 Å². The average Bonchev–Trinajstić information content (AvgIpc) is 2.49. The molecule has 0 saturated heterocycles. The lowest BCUT2D eigenvalue weighted by molar-refractivity contribution is 1.01. The topological polar surface area (TPSA) is 44.9 Å². The molecule has 130 valence electrons. The van der Waals surface area contributed by atoms with E-state index in [1.165, 1.54) is 0 Å². The molecular formula is C20H20Cl2N2O. The highest BCUT2D eigenvalue weighted by Crippen LogP contribution is 2.24. The zero-order chi connectivity index (χ0) is 18.3. The van der Waals surface area contributed by atoms with E-state index < -0.39 is 0 Å². The maximum Gasteiger partial charge on any atom is 0.200 e. The van der Waals surface area contributed by atoms with Crippen molar-refractivity contribution >= 4 is 50.9 Å². The summed E-state index contributed by atoms with van der Waals surface area (Å²) in [5, 5.41) is 5.90. The fourth-order valence-electron chi connectivity index (χ4n) is 3.18. The van der Waals surface area contributed by atoms with Crippen LogP contribution >= 0.6 is 23.2 Å². The van der Waals surface area contributed by atoms with Gasteiger partial charge in [0.2, 0.25) is 0 Å². The number of hydrogen-bond acceptors (Lipinski definition) is 2. The van der Waals surface area contributed by atoms with Crippen molar-refractivity contribution < 1.29 is 0 Å². The minimum Gasteiger partial charge on any atom is -0.341 e. The molecule has 3 rings (SSSR count). The first-order valence-electron chi connectivity index (χ1n) is 8.12. The van der Waals surface area contributed by atoms with Crippen molar-refractivity contribution in [1.82, 2.24) is 4.98 Å². The van der Waals surface area contributed by atoms with Gasteiger partial charge in [0.05, 0.1) is 16.1 Å². The van der Waals surface area contributed by atoms with Crippen molar-refractivity contribution in [2.24, 2.45) is 0 Å². The summed E-state index contributed by atoms with van der Waals surface area (Å²) >= 11 is 12.5. The Balaban J connectivity index is 2.31. The maximum atomic E-state index is 13.1. The van der Waals surface area contributed by atoms with Crippen LogP contribution in [0.25, 0.3) is 16.2 Å². The molecule has 0 bridgehead atoms. The van der Waals surface area contributed by atoms with Gasteiger partial charge in [-0.2, -0.15) is 0 Å². The van der Waals surface area contributed by atoms with Crippen LogP contribution in [0.4, 0.5) is 11.5 Å². The Morgan fingerprint density at radius 2 is 1.92 bits per heavy atom. The van der Waals surface area contributed by atoms with E-state index in [1.54, 1.807) is 0 Å². The third-order valence-electron chi connectivity index (χ3n) is 4.36. The summed E-state index contributed by atoms with van der Waals surface area (Å²) in [4.78, 5) is 16.5. The molecule has 25 heavy (non-hydrogen) atoms. The zero-order valence-corrected chi connectivity index (χ0v) is 16.0. The predicted molar refractivity (Wildman–Crippen MR) is 108 cm³/mol. The van der Waals surface area contributed by atoms with Crippen molar-refractivity contribution in [3.8, 4) is 0 Å². The van der Waals surface area contributed by atoms with Crippen LogP contribution in [0.2, 0.25) is 5.02 Å². The molecule has 1 aliphatic rings. The molecule has 2 aromatic rings. The molecule has 5 heteroatoms. The normalized spacial score (nSPS) is 13.6. The lowest BCUT2D eigenvalue weighted by Gasteiger charge is -2.16. The van der Waals surface area contributed by atoms with Gasteiger partial charge in [0.25, 0.3) is 0 Å². The lowest BCUT2D eigenvalue weighted by atomic mass is 10.0. The smallest absolute Gasteiger partial charge is 0.200 e. The molecule has 0 saturated carbocycles. The summed E-state index contributed by atoms with van der Waals surface area (Å²) in [7, 11) is 0. The van der Waals surface area contributed by atoms with Crippen molar-refractivity contribution in [2.75, 3.05) is 5.32 Å². The Morgan fingerprint density at radius 3 is 2.56 bits per heavy atom. The van der Waals surface area contributed by atoms with Crippen molar-refractivity contribution in [1.29, 1.82) is 0 Å².